The zero-order valence-corrected chi connectivity index (χ0v) is 14.8. The number of alkyl halides is 3. The maximum Gasteiger partial charge on any atom is 0.418 e. The van der Waals surface area contributed by atoms with E-state index in [1.54, 1.807) is 0 Å². The van der Waals surface area contributed by atoms with Crippen LogP contribution in [0.1, 0.15) is 23.7 Å². The molecule has 7 heteroatoms. The van der Waals surface area contributed by atoms with E-state index >= 15 is 0 Å². The number of rotatable bonds is 5. The SMILES string of the molecule is O=C(NCCC(O)c1cccc2ccccc12)Nc1ccccc1C(F)(F)F. The highest BCUT2D eigenvalue weighted by atomic mass is 19.4. The van der Waals surface area contributed by atoms with E-state index in [0.29, 0.717) is 0 Å². The molecule has 3 aromatic carbocycles. The Balaban J connectivity index is 1.59. The Bertz CT molecular complexity index is 968. The van der Waals surface area contributed by atoms with E-state index in [1.165, 1.54) is 18.2 Å². The van der Waals surface area contributed by atoms with E-state index < -0.39 is 23.9 Å². The van der Waals surface area contributed by atoms with Crippen LogP contribution in [0.25, 0.3) is 10.8 Å². The van der Waals surface area contributed by atoms with Crippen molar-refractivity contribution in [3.05, 3.63) is 77.9 Å². The third-order valence-corrected chi connectivity index (χ3v) is 4.37. The number of carbonyl (C=O) groups excluding carboxylic acids is 1. The lowest BCUT2D eigenvalue weighted by Gasteiger charge is -2.16. The highest BCUT2D eigenvalue weighted by molar-refractivity contribution is 5.90. The Kier molecular flexibility index (Phi) is 5.84. The van der Waals surface area contributed by atoms with Crippen LogP contribution in [-0.4, -0.2) is 17.7 Å². The van der Waals surface area contributed by atoms with Crippen LogP contribution in [0.2, 0.25) is 0 Å². The summed E-state index contributed by atoms with van der Waals surface area (Å²) in [6.45, 7) is 0.102. The van der Waals surface area contributed by atoms with Crippen molar-refractivity contribution in [2.75, 3.05) is 11.9 Å². The largest absolute Gasteiger partial charge is 0.418 e. The average Bonchev–Trinajstić information content (AvgIpc) is 2.67. The number of carbonyl (C=O) groups is 1. The Morgan fingerprint density at radius 3 is 2.43 bits per heavy atom. The molecule has 0 saturated carbocycles. The molecule has 0 fully saturated rings. The number of fused-ring (bicyclic) bond motifs is 1. The van der Waals surface area contributed by atoms with Crippen molar-refractivity contribution in [3.8, 4) is 0 Å². The van der Waals surface area contributed by atoms with Gasteiger partial charge in [-0.25, -0.2) is 4.79 Å². The number of hydrogen-bond acceptors (Lipinski definition) is 2. The molecule has 0 spiro atoms. The van der Waals surface area contributed by atoms with E-state index in [0.717, 1.165) is 22.4 Å². The van der Waals surface area contributed by atoms with Crippen molar-refractivity contribution in [1.82, 2.24) is 5.32 Å². The van der Waals surface area contributed by atoms with Crippen LogP contribution in [0.3, 0.4) is 0 Å². The zero-order valence-electron chi connectivity index (χ0n) is 14.8. The highest BCUT2D eigenvalue weighted by Crippen LogP contribution is 2.34. The zero-order chi connectivity index (χ0) is 20.1. The molecule has 3 N–H and O–H groups in total. The van der Waals surface area contributed by atoms with Crippen molar-refractivity contribution in [1.29, 1.82) is 0 Å². The summed E-state index contributed by atoms with van der Waals surface area (Å²) in [5, 5.41) is 17.1. The van der Waals surface area contributed by atoms with E-state index in [4.69, 9.17) is 0 Å². The van der Waals surface area contributed by atoms with Gasteiger partial charge in [0.05, 0.1) is 17.4 Å². The number of halogens is 3. The second-order valence-electron chi connectivity index (χ2n) is 6.30. The second-order valence-corrected chi connectivity index (χ2v) is 6.30. The van der Waals surface area contributed by atoms with Gasteiger partial charge in [0.1, 0.15) is 0 Å². The lowest BCUT2D eigenvalue weighted by Crippen LogP contribution is -2.31. The number of para-hydroxylation sites is 1. The fourth-order valence-corrected chi connectivity index (χ4v) is 3.02. The molecule has 146 valence electrons. The number of hydrogen-bond donors (Lipinski definition) is 3. The minimum Gasteiger partial charge on any atom is -0.388 e. The first-order valence-corrected chi connectivity index (χ1v) is 8.73. The maximum atomic E-state index is 13.0. The number of aliphatic hydroxyl groups is 1. The van der Waals surface area contributed by atoms with E-state index in [1.807, 2.05) is 42.5 Å². The van der Waals surface area contributed by atoms with Gasteiger partial charge in [-0.1, -0.05) is 54.6 Å². The molecule has 1 atom stereocenters. The van der Waals surface area contributed by atoms with Gasteiger partial charge in [-0.15, -0.1) is 0 Å². The molecular weight excluding hydrogens is 369 g/mol. The number of aliphatic hydroxyl groups excluding tert-OH is 1. The monoisotopic (exact) mass is 388 g/mol. The second kappa shape index (κ2) is 8.31. The molecule has 0 bridgehead atoms. The average molecular weight is 388 g/mol. The lowest BCUT2D eigenvalue weighted by molar-refractivity contribution is -0.136. The summed E-state index contributed by atoms with van der Waals surface area (Å²) in [5.41, 5.74) is -0.495. The molecule has 0 aromatic heterocycles. The van der Waals surface area contributed by atoms with Gasteiger partial charge >= 0.3 is 12.2 Å². The van der Waals surface area contributed by atoms with Gasteiger partial charge in [0.2, 0.25) is 0 Å². The molecule has 28 heavy (non-hydrogen) atoms. The summed E-state index contributed by atoms with van der Waals surface area (Å²) >= 11 is 0. The number of amides is 2. The quantitative estimate of drug-likeness (QED) is 0.569. The molecule has 2 amide bonds. The third-order valence-electron chi connectivity index (χ3n) is 4.37. The van der Waals surface area contributed by atoms with Gasteiger partial charge in [-0.2, -0.15) is 13.2 Å². The smallest absolute Gasteiger partial charge is 0.388 e. The van der Waals surface area contributed by atoms with Gasteiger partial charge in [0.25, 0.3) is 0 Å². The normalized spacial score (nSPS) is 12.6. The Labute approximate surface area is 160 Å². The van der Waals surface area contributed by atoms with Crippen molar-refractivity contribution < 1.29 is 23.1 Å². The predicted molar refractivity (Wildman–Crippen MR) is 102 cm³/mol. The summed E-state index contributed by atoms with van der Waals surface area (Å²) in [7, 11) is 0. The van der Waals surface area contributed by atoms with Crippen LogP contribution in [0.15, 0.2) is 66.7 Å². The number of benzene rings is 3. The van der Waals surface area contributed by atoms with Crippen LogP contribution in [0.5, 0.6) is 0 Å². The van der Waals surface area contributed by atoms with E-state index in [9.17, 15) is 23.1 Å². The third kappa shape index (κ3) is 4.61. The molecule has 0 radical (unpaired) electrons. The first kappa shape index (κ1) is 19.7. The van der Waals surface area contributed by atoms with Crippen molar-refractivity contribution in [3.63, 3.8) is 0 Å². The molecule has 0 aliphatic rings. The van der Waals surface area contributed by atoms with Crippen LogP contribution in [0.4, 0.5) is 23.7 Å². The van der Waals surface area contributed by atoms with Crippen molar-refractivity contribution in [2.45, 2.75) is 18.7 Å². The molecule has 4 nitrogen and oxygen atoms in total. The Morgan fingerprint density at radius 2 is 1.64 bits per heavy atom. The van der Waals surface area contributed by atoms with Crippen LogP contribution in [-0.2, 0) is 6.18 Å². The minimum atomic E-state index is -4.56. The van der Waals surface area contributed by atoms with Crippen molar-refractivity contribution >= 4 is 22.5 Å². The molecule has 0 heterocycles. The Hall–Kier alpha value is -3.06. The molecule has 3 aromatic rings. The molecule has 0 aliphatic heterocycles. The fourth-order valence-electron chi connectivity index (χ4n) is 3.02. The summed E-state index contributed by atoms with van der Waals surface area (Å²) in [5.74, 6) is 0. The van der Waals surface area contributed by atoms with Gasteiger partial charge in [0.15, 0.2) is 0 Å². The van der Waals surface area contributed by atoms with E-state index in [-0.39, 0.29) is 18.7 Å². The van der Waals surface area contributed by atoms with Gasteiger partial charge < -0.3 is 15.7 Å². The molecular formula is C21H19F3N2O2. The van der Waals surface area contributed by atoms with Gasteiger partial charge in [0, 0.05) is 6.54 Å². The lowest BCUT2D eigenvalue weighted by atomic mass is 9.99. The predicted octanol–water partition coefficient (Wildman–Crippen LogP) is 5.10. The minimum absolute atomic E-state index is 0.102. The van der Waals surface area contributed by atoms with Gasteiger partial charge in [-0.3, -0.25) is 0 Å². The summed E-state index contributed by atoms with van der Waals surface area (Å²) < 4.78 is 38.9. The first-order valence-electron chi connectivity index (χ1n) is 8.73. The topological polar surface area (TPSA) is 61.4 Å². The number of urea groups is 1. The maximum absolute atomic E-state index is 13.0. The molecule has 0 saturated heterocycles. The van der Waals surface area contributed by atoms with Crippen LogP contribution < -0.4 is 10.6 Å². The number of nitrogens with one attached hydrogen (secondary N) is 2. The number of anilines is 1. The van der Waals surface area contributed by atoms with Crippen molar-refractivity contribution in [2.24, 2.45) is 0 Å². The molecule has 1 unspecified atom stereocenters. The summed E-state index contributed by atoms with van der Waals surface area (Å²) in [6.07, 6.45) is -5.15. The van der Waals surface area contributed by atoms with E-state index in [2.05, 4.69) is 10.6 Å². The first-order chi connectivity index (χ1) is 13.4. The van der Waals surface area contributed by atoms with Crippen LogP contribution >= 0.6 is 0 Å². The molecule has 0 aliphatic carbocycles. The highest BCUT2D eigenvalue weighted by Gasteiger charge is 2.33. The standard InChI is InChI=1S/C21H19F3N2O2/c22-21(23,24)17-10-3-4-11-18(17)26-20(28)25-13-12-19(27)16-9-5-7-14-6-1-2-8-15(14)16/h1-11,19,27H,12-13H2,(H2,25,26,28). The van der Waals surface area contributed by atoms with Gasteiger partial charge in [-0.05, 0) is 34.9 Å². The summed E-state index contributed by atoms with van der Waals surface area (Å²) in [4.78, 5) is 12.0. The Morgan fingerprint density at radius 1 is 0.964 bits per heavy atom. The molecule has 3 rings (SSSR count). The fraction of sp³-hybridized carbons (Fsp3) is 0.190. The summed E-state index contributed by atoms with van der Waals surface area (Å²) in [6, 6.07) is 17.2. The van der Waals surface area contributed by atoms with Crippen LogP contribution in [0, 0.1) is 0 Å².